The van der Waals surface area contributed by atoms with Crippen molar-refractivity contribution >= 4 is 34.9 Å². The molecule has 0 radical (unpaired) electrons. The molecule has 0 saturated heterocycles. The zero-order valence-corrected chi connectivity index (χ0v) is 13.8. The van der Waals surface area contributed by atoms with Crippen LogP contribution in [0.1, 0.15) is 16.1 Å². The second-order valence-corrected chi connectivity index (χ2v) is 5.64. The van der Waals surface area contributed by atoms with E-state index >= 15 is 0 Å². The molecule has 24 heavy (non-hydrogen) atoms. The van der Waals surface area contributed by atoms with Gasteiger partial charge in [-0.1, -0.05) is 28.4 Å². The van der Waals surface area contributed by atoms with Gasteiger partial charge in [0.2, 0.25) is 0 Å². The van der Waals surface area contributed by atoms with E-state index < -0.39 is 5.91 Å². The molecule has 2 aromatic heterocycles. The predicted octanol–water partition coefficient (Wildman–Crippen LogP) is 3.51. The highest BCUT2D eigenvalue weighted by Gasteiger charge is 2.18. The van der Waals surface area contributed by atoms with Gasteiger partial charge in [-0.15, -0.1) is 0 Å². The van der Waals surface area contributed by atoms with Crippen LogP contribution in [0.25, 0.3) is 11.3 Å². The van der Waals surface area contributed by atoms with Crippen LogP contribution in [0.15, 0.2) is 35.0 Å². The Kier molecular flexibility index (Phi) is 4.25. The Bertz CT molecular complexity index is 971. The number of halogens is 2. The Morgan fingerprint density at radius 3 is 2.88 bits per heavy atom. The third-order valence-corrected chi connectivity index (χ3v) is 3.78. The monoisotopic (exact) mass is 361 g/mol. The zero-order valence-electron chi connectivity index (χ0n) is 12.2. The van der Waals surface area contributed by atoms with E-state index in [-0.39, 0.29) is 17.1 Å². The summed E-state index contributed by atoms with van der Waals surface area (Å²) in [5.41, 5.74) is 0.849. The van der Waals surface area contributed by atoms with Gasteiger partial charge in [0.1, 0.15) is 17.5 Å². The molecule has 1 amide bonds. The van der Waals surface area contributed by atoms with Crippen LogP contribution in [-0.2, 0) is 7.05 Å². The van der Waals surface area contributed by atoms with E-state index in [1.54, 1.807) is 25.2 Å². The number of nitrogens with one attached hydrogen (secondary N) is 1. The van der Waals surface area contributed by atoms with Crippen molar-refractivity contribution in [1.82, 2.24) is 14.9 Å². The number of rotatable bonds is 3. The highest BCUT2D eigenvalue weighted by Crippen LogP contribution is 2.30. The number of nitrogens with zero attached hydrogens (tertiary/aromatic N) is 4. The molecule has 120 valence electrons. The fraction of sp³-hybridized carbons (Fsp3) is 0.0667. The molecule has 7 nitrogen and oxygen atoms in total. The first kappa shape index (κ1) is 16.1. The number of benzene rings is 1. The van der Waals surface area contributed by atoms with Crippen molar-refractivity contribution in [2.24, 2.45) is 7.05 Å². The quantitative estimate of drug-likeness (QED) is 0.769. The van der Waals surface area contributed by atoms with Crippen molar-refractivity contribution in [3.63, 3.8) is 0 Å². The highest BCUT2D eigenvalue weighted by molar-refractivity contribution is 6.36. The summed E-state index contributed by atoms with van der Waals surface area (Å²) in [6, 6.07) is 8.28. The topological polar surface area (TPSA) is 96.7 Å². The number of anilines is 1. The Balaban J connectivity index is 1.86. The molecule has 9 heteroatoms. The third kappa shape index (κ3) is 2.97. The van der Waals surface area contributed by atoms with Crippen molar-refractivity contribution in [2.75, 3.05) is 5.32 Å². The van der Waals surface area contributed by atoms with E-state index in [9.17, 15) is 4.79 Å². The van der Waals surface area contributed by atoms with E-state index in [4.69, 9.17) is 33.0 Å². The first-order valence-electron chi connectivity index (χ1n) is 6.65. The van der Waals surface area contributed by atoms with Crippen LogP contribution in [0.5, 0.6) is 0 Å². The average molecular weight is 362 g/mol. The van der Waals surface area contributed by atoms with Gasteiger partial charge in [-0.2, -0.15) is 10.4 Å². The minimum absolute atomic E-state index is 0.0427. The van der Waals surface area contributed by atoms with E-state index in [0.29, 0.717) is 21.4 Å². The van der Waals surface area contributed by atoms with Crippen LogP contribution in [0.3, 0.4) is 0 Å². The van der Waals surface area contributed by atoms with Crippen molar-refractivity contribution in [1.29, 1.82) is 5.26 Å². The second kappa shape index (κ2) is 6.35. The fourth-order valence-electron chi connectivity index (χ4n) is 2.04. The summed E-state index contributed by atoms with van der Waals surface area (Å²) in [5, 5.41) is 20.1. The van der Waals surface area contributed by atoms with Gasteiger partial charge in [0.15, 0.2) is 11.5 Å². The Hall–Kier alpha value is -2.82. The number of aromatic nitrogens is 3. The average Bonchev–Trinajstić information content (AvgIpc) is 3.15. The largest absolute Gasteiger partial charge is 0.355 e. The third-order valence-electron chi connectivity index (χ3n) is 3.23. The Morgan fingerprint density at radius 1 is 1.38 bits per heavy atom. The van der Waals surface area contributed by atoms with Crippen molar-refractivity contribution < 1.29 is 9.32 Å². The molecule has 0 saturated carbocycles. The van der Waals surface area contributed by atoms with Crippen LogP contribution in [-0.4, -0.2) is 20.8 Å². The first-order chi connectivity index (χ1) is 11.5. The van der Waals surface area contributed by atoms with Crippen molar-refractivity contribution in [2.45, 2.75) is 0 Å². The molecule has 0 aliphatic carbocycles. The van der Waals surface area contributed by atoms with E-state index in [1.165, 1.54) is 16.9 Å². The summed E-state index contributed by atoms with van der Waals surface area (Å²) >= 11 is 12.0. The highest BCUT2D eigenvalue weighted by atomic mass is 35.5. The van der Waals surface area contributed by atoms with Gasteiger partial charge in [-0.25, -0.2) is 0 Å². The molecule has 0 aliphatic heterocycles. The molecule has 0 spiro atoms. The molecule has 0 unspecified atom stereocenters. The van der Waals surface area contributed by atoms with E-state index in [2.05, 4.69) is 15.6 Å². The maximum atomic E-state index is 12.3. The van der Waals surface area contributed by atoms with Gasteiger partial charge in [0.05, 0.1) is 11.2 Å². The zero-order chi connectivity index (χ0) is 17.3. The minimum atomic E-state index is -0.532. The summed E-state index contributed by atoms with van der Waals surface area (Å²) < 4.78 is 6.56. The van der Waals surface area contributed by atoms with Gasteiger partial charge >= 0.3 is 0 Å². The number of amides is 1. The molecule has 0 fully saturated rings. The van der Waals surface area contributed by atoms with Crippen molar-refractivity contribution in [3.05, 3.63) is 51.8 Å². The minimum Gasteiger partial charge on any atom is -0.355 e. The van der Waals surface area contributed by atoms with Crippen LogP contribution in [0, 0.1) is 11.3 Å². The molecule has 0 atom stereocenters. The van der Waals surface area contributed by atoms with Gasteiger partial charge in [-0.05, 0) is 18.2 Å². The number of nitriles is 1. The molecule has 3 aromatic rings. The lowest BCUT2D eigenvalue weighted by atomic mass is 10.1. The van der Waals surface area contributed by atoms with E-state index in [1.807, 2.05) is 6.07 Å². The van der Waals surface area contributed by atoms with Crippen LogP contribution in [0.2, 0.25) is 10.0 Å². The molecule has 1 aromatic carbocycles. The lowest BCUT2D eigenvalue weighted by Crippen LogP contribution is -2.15. The SMILES string of the molecule is Cn1ncc(C#N)c1NC(=O)c1cc(-c2ccc(Cl)cc2Cl)on1. The lowest BCUT2D eigenvalue weighted by molar-refractivity contribution is 0.101. The maximum Gasteiger partial charge on any atom is 0.279 e. The lowest BCUT2D eigenvalue weighted by Gasteiger charge is -2.03. The fourth-order valence-corrected chi connectivity index (χ4v) is 2.54. The van der Waals surface area contributed by atoms with Gasteiger partial charge in [0, 0.05) is 23.7 Å². The Labute approximate surface area is 146 Å². The summed E-state index contributed by atoms with van der Waals surface area (Å²) in [5.74, 6) is 0.0686. The van der Waals surface area contributed by atoms with Gasteiger partial charge < -0.3 is 9.84 Å². The number of hydrogen-bond donors (Lipinski definition) is 1. The summed E-state index contributed by atoms with van der Waals surface area (Å²) in [6.07, 6.45) is 1.36. The van der Waals surface area contributed by atoms with E-state index in [0.717, 1.165) is 0 Å². The molecule has 0 bridgehead atoms. The second-order valence-electron chi connectivity index (χ2n) is 4.80. The summed E-state index contributed by atoms with van der Waals surface area (Å²) in [4.78, 5) is 12.3. The maximum absolute atomic E-state index is 12.3. The van der Waals surface area contributed by atoms with Crippen LogP contribution < -0.4 is 5.32 Å². The normalized spacial score (nSPS) is 10.4. The first-order valence-corrected chi connectivity index (χ1v) is 7.41. The summed E-state index contributed by atoms with van der Waals surface area (Å²) in [6.45, 7) is 0. The Morgan fingerprint density at radius 2 is 2.17 bits per heavy atom. The number of carbonyl (C=O) groups excluding carboxylic acids is 1. The van der Waals surface area contributed by atoms with Crippen LogP contribution >= 0.6 is 23.2 Å². The molecular formula is C15H9Cl2N5O2. The number of carbonyl (C=O) groups is 1. The molecule has 1 N–H and O–H groups in total. The molecular weight excluding hydrogens is 353 g/mol. The molecule has 0 aliphatic rings. The number of aryl methyl sites for hydroxylation is 1. The summed E-state index contributed by atoms with van der Waals surface area (Å²) in [7, 11) is 1.61. The smallest absolute Gasteiger partial charge is 0.279 e. The molecule has 2 heterocycles. The molecule has 3 rings (SSSR count). The van der Waals surface area contributed by atoms with Gasteiger partial charge in [-0.3, -0.25) is 9.48 Å². The standard InChI is InChI=1S/C15H9Cl2N5O2/c1-22-14(8(6-18)7-19-22)20-15(23)12-5-13(24-21-12)10-3-2-9(16)4-11(10)17/h2-5,7H,1H3,(H,20,23). The van der Waals surface area contributed by atoms with Crippen LogP contribution in [0.4, 0.5) is 5.82 Å². The van der Waals surface area contributed by atoms with Gasteiger partial charge in [0.25, 0.3) is 5.91 Å². The number of hydrogen-bond acceptors (Lipinski definition) is 5. The van der Waals surface area contributed by atoms with Crippen molar-refractivity contribution in [3.8, 4) is 17.4 Å². The predicted molar refractivity (Wildman–Crippen MR) is 87.8 cm³/mol.